The lowest BCUT2D eigenvalue weighted by Gasteiger charge is -2.07. The van der Waals surface area contributed by atoms with E-state index in [4.69, 9.17) is 0 Å². The van der Waals surface area contributed by atoms with Crippen LogP contribution in [0.15, 0.2) is 35.1 Å². The fourth-order valence-corrected chi connectivity index (χ4v) is 2.08. The summed E-state index contributed by atoms with van der Waals surface area (Å²) < 4.78 is 0.803. The van der Waals surface area contributed by atoms with E-state index in [0.29, 0.717) is 17.6 Å². The Balaban J connectivity index is 1.53. The summed E-state index contributed by atoms with van der Waals surface area (Å²) >= 11 is 3.26. The molecular weight excluding hydrogens is 334 g/mol. The number of hydrogen-bond donors (Lipinski definition) is 2. The molecule has 3 rings (SSSR count). The van der Waals surface area contributed by atoms with Crippen LogP contribution in [0, 0.1) is 0 Å². The van der Waals surface area contributed by atoms with Crippen molar-refractivity contribution >= 4 is 27.8 Å². The average molecular weight is 348 g/mol. The van der Waals surface area contributed by atoms with Gasteiger partial charge in [-0.25, -0.2) is 19.7 Å². The van der Waals surface area contributed by atoms with Gasteiger partial charge >= 0.3 is 6.03 Å². The van der Waals surface area contributed by atoms with Gasteiger partial charge in [0.05, 0.1) is 11.0 Å². The van der Waals surface area contributed by atoms with Crippen molar-refractivity contribution in [3.05, 3.63) is 46.6 Å². The molecule has 0 saturated heterocycles. The molecule has 0 bridgehead atoms. The molecule has 0 aromatic carbocycles. The lowest BCUT2D eigenvalue weighted by Crippen LogP contribution is -2.29. The van der Waals surface area contributed by atoms with Crippen LogP contribution in [-0.2, 0) is 6.54 Å². The highest BCUT2D eigenvalue weighted by molar-refractivity contribution is 9.10. The van der Waals surface area contributed by atoms with E-state index in [9.17, 15) is 4.79 Å². The van der Waals surface area contributed by atoms with Crippen molar-refractivity contribution in [3.63, 3.8) is 0 Å². The van der Waals surface area contributed by atoms with Gasteiger partial charge in [-0.1, -0.05) is 6.07 Å². The third-order valence-corrected chi connectivity index (χ3v) is 3.50. The van der Waals surface area contributed by atoms with E-state index < -0.39 is 0 Å². The highest BCUT2D eigenvalue weighted by atomic mass is 79.9. The molecule has 1 saturated carbocycles. The molecule has 2 N–H and O–H groups in total. The quantitative estimate of drug-likeness (QED) is 0.891. The summed E-state index contributed by atoms with van der Waals surface area (Å²) in [4.78, 5) is 24.4. The van der Waals surface area contributed by atoms with Crippen LogP contribution < -0.4 is 10.6 Å². The van der Waals surface area contributed by atoms with Gasteiger partial charge in [0.2, 0.25) is 0 Å². The normalized spacial score (nSPS) is 13.8. The van der Waals surface area contributed by atoms with Crippen molar-refractivity contribution in [2.75, 3.05) is 5.32 Å². The number of pyridine rings is 1. The van der Waals surface area contributed by atoms with Crippen molar-refractivity contribution in [3.8, 4) is 0 Å². The van der Waals surface area contributed by atoms with Crippen molar-refractivity contribution < 1.29 is 4.79 Å². The van der Waals surface area contributed by atoms with Gasteiger partial charge in [-0.15, -0.1) is 0 Å². The van der Waals surface area contributed by atoms with Crippen LogP contribution in [0.5, 0.6) is 0 Å². The minimum atomic E-state index is -0.318. The molecule has 6 nitrogen and oxygen atoms in total. The second-order valence-corrected chi connectivity index (χ2v) is 5.76. The second kappa shape index (κ2) is 6.17. The van der Waals surface area contributed by atoms with Crippen molar-refractivity contribution in [1.29, 1.82) is 0 Å². The minimum absolute atomic E-state index is 0.265. The monoisotopic (exact) mass is 347 g/mol. The van der Waals surface area contributed by atoms with Gasteiger partial charge in [-0.2, -0.15) is 0 Å². The number of carbonyl (C=O) groups is 1. The first kappa shape index (κ1) is 13.9. The topological polar surface area (TPSA) is 79.8 Å². The Morgan fingerprint density at radius 3 is 2.76 bits per heavy atom. The SMILES string of the molecule is O=C(NCc1ncc(Br)cn1)Nc1cccc(C2CC2)n1. The molecule has 108 valence electrons. The highest BCUT2D eigenvalue weighted by Crippen LogP contribution is 2.39. The van der Waals surface area contributed by atoms with Gasteiger partial charge in [0.1, 0.15) is 11.6 Å². The predicted octanol–water partition coefficient (Wildman–Crippen LogP) is 2.83. The number of nitrogens with one attached hydrogen (secondary N) is 2. The predicted molar refractivity (Wildman–Crippen MR) is 81.8 cm³/mol. The highest BCUT2D eigenvalue weighted by Gasteiger charge is 2.24. The molecule has 2 amide bonds. The Labute approximate surface area is 130 Å². The van der Waals surface area contributed by atoms with Gasteiger partial charge in [0, 0.05) is 24.0 Å². The largest absolute Gasteiger partial charge is 0.331 e. The maximum Gasteiger partial charge on any atom is 0.320 e. The average Bonchev–Trinajstić information content (AvgIpc) is 3.32. The molecule has 0 aliphatic heterocycles. The van der Waals surface area contributed by atoms with Gasteiger partial charge in [-0.05, 0) is 40.9 Å². The third-order valence-electron chi connectivity index (χ3n) is 3.09. The molecule has 0 spiro atoms. The fraction of sp³-hybridized carbons (Fsp3) is 0.286. The molecule has 1 fully saturated rings. The number of rotatable bonds is 4. The summed E-state index contributed by atoms with van der Waals surface area (Å²) in [5, 5.41) is 5.42. The number of urea groups is 1. The standard InChI is InChI=1S/C14H14BrN5O/c15-10-6-16-13(17-7-10)8-18-14(21)20-12-3-1-2-11(19-12)9-4-5-9/h1-3,6-7,9H,4-5,8H2,(H2,18,19,20,21). The molecule has 2 aromatic rings. The van der Waals surface area contributed by atoms with Crippen LogP contribution in [0.4, 0.5) is 10.6 Å². The molecule has 7 heteroatoms. The zero-order valence-electron chi connectivity index (χ0n) is 11.2. The number of hydrogen-bond acceptors (Lipinski definition) is 4. The van der Waals surface area contributed by atoms with Gasteiger partial charge in [0.25, 0.3) is 0 Å². The maximum absolute atomic E-state index is 11.8. The molecular formula is C14H14BrN5O. The first-order valence-electron chi connectivity index (χ1n) is 6.69. The molecule has 2 aromatic heterocycles. The Bertz CT molecular complexity index is 642. The number of halogens is 1. The first-order valence-corrected chi connectivity index (χ1v) is 7.48. The fourth-order valence-electron chi connectivity index (χ4n) is 1.88. The van der Waals surface area contributed by atoms with Crippen LogP contribution in [0.2, 0.25) is 0 Å². The lowest BCUT2D eigenvalue weighted by atomic mass is 10.2. The molecule has 0 unspecified atom stereocenters. The summed E-state index contributed by atoms with van der Waals surface area (Å²) in [6.45, 7) is 0.265. The second-order valence-electron chi connectivity index (χ2n) is 4.85. The van der Waals surface area contributed by atoms with E-state index in [2.05, 4.69) is 41.5 Å². The smallest absolute Gasteiger partial charge is 0.320 e. The molecule has 1 aliphatic rings. The van der Waals surface area contributed by atoms with Crippen LogP contribution in [0.3, 0.4) is 0 Å². The number of nitrogens with zero attached hydrogens (tertiary/aromatic N) is 3. The molecule has 1 aliphatic carbocycles. The van der Waals surface area contributed by atoms with E-state index in [1.807, 2.05) is 12.1 Å². The van der Waals surface area contributed by atoms with Crippen LogP contribution in [-0.4, -0.2) is 21.0 Å². The Kier molecular flexibility index (Phi) is 4.10. The summed E-state index contributed by atoms with van der Waals surface area (Å²) in [5.41, 5.74) is 1.05. The van der Waals surface area contributed by atoms with E-state index in [1.54, 1.807) is 18.5 Å². The first-order chi connectivity index (χ1) is 10.2. The van der Waals surface area contributed by atoms with E-state index in [-0.39, 0.29) is 12.6 Å². The summed E-state index contributed by atoms with van der Waals surface area (Å²) in [6, 6.07) is 5.37. The Hall–Kier alpha value is -2.02. The zero-order valence-corrected chi connectivity index (χ0v) is 12.8. The van der Waals surface area contributed by atoms with Gasteiger partial charge < -0.3 is 5.32 Å². The van der Waals surface area contributed by atoms with Gasteiger partial charge in [0.15, 0.2) is 0 Å². The number of aromatic nitrogens is 3. The zero-order chi connectivity index (χ0) is 14.7. The number of anilines is 1. The van der Waals surface area contributed by atoms with Gasteiger partial charge in [-0.3, -0.25) is 5.32 Å². The minimum Gasteiger partial charge on any atom is -0.331 e. The van der Waals surface area contributed by atoms with E-state index >= 15 is 0 Å². The van der Waals surface area contributed by atoms with Crippen LogP contribution >= 0.6 is 15.9 Å². The van der Waals surface area contributed by atoms with E-state index in [0.717, 1.165) is 10.2 Å². The number of carbonyl (C=O) groups excluding carboxylic acids is 1. The number of amides is 2. The molecule has 0 atom stereocenters. The van der Waals surface area contributed by atoms with Crippen molar-refractivity contribution in [2.45, 2.75) is 25.3 Å². The van der Waals surface area contributed by atoms with E-state index in [1.165, 1.54) is 12.8 Å². The van der Waals surface area contributed by atoms with Crippen molar-refractivity contribution in [2.24, 2.45) is 0 Å². The molecule has 2 heterocycles. The summed E-state index contributed by atoms with van der Waals surface area (Å²) in [7, 11) is 0. The lowest BCUT2D eigenvalue weighted by molar-refractivity contribution is 0.251. The Morgan fingerprint density at radius 2 is 2.05 bits per heavy atom. The summed E-state index contributed by atoms with van der Waals surface area (Å²) in [5.74, 6) is 1.67. The maximum atomic E-state index is 11.8. The van der Waals surface area contributed by atoms with Crippen LogP contribution in [0.25, 0.3) is 0 Å². The molecule has 0 radical (unpaired) electrons. The third kappa shape index (κ3) is 3.98. The van der Waals surface area contributed by atoms with Crippen molar-refractivity contribution in [1.82, 2.24) is 20.3 Å². The van der Waals surface area contributed by atoms with Crippen LogP contribution in [0.1, 0.15) is 30.3 Å². The molecule has 21 heavy (non-hydrogen) atoms. The Morgan fingerprint density at radius 1 is 1.29 bits per heavy atom. The summed E-state index contributed by atoms with van der Waals surface area (Å²) in [6.07, 6.45) is 5.65.